The Morgan fingerprint density at radius 2 is 1.69 bits per heavy atom. The monoisotopic (exact) mass is 702 g/mol. The third-order valence-corrected chi connectivity index (χ3v) is 7.37. The number of aryl methyl sites for hydroxylation is 1. The summed E-state index contributed by atoms with van der Waals surface area (Å²) in [5.74, 6) is -2.36. The summed E-state index contributed by atoms with van der Waals surface area (Å²) in [6, 6.07) is 9.84. The lowest BCUT2D eigenvalue weighted by molar-refractivity contribution is -0.142. The van der Waals surface area contributed by atoms with Crippen molar-refractivity contribution in [1.29, 1.82) is 0 Å². The predicted octanol–water partition coefficient (Wildman–Crippen LogP) is 6.47. The van der Waals surface area contributed by atoms with Crippen molar-refractivity contribution in [3.63, 3.8) is 0 Å². The van der Waals surface area contributed by atoms with Crippen LogP contribution in [0.25, 0.3) is 10.9 Å². The summed E-state index contributed by atoms with van der Waals surface area (Å²) in [6.07, 6.45) is -0.959. The number of ether oxygens (including phenoxy) is 3. The van der Waals surface area contributed by atoms with Crippen molar-refractivity contribution in [2.45, 2.75) is 54.1 Å². The van der Waals surface area contributed by atoms with E-state index in [9.17, 15) is 19.2 Å². The topological polar surface area (TPSA) is 127 Å². The molecule has 4 rings (SSSR count). The molecule has 3 aromatic rings. The Bertz CT molecular complexity index is 1660. The summed E-state index contributed by atoms with van der Waals surface area (Å²) < 4.78 is 17.5. The van der Waals surface area contributed by atoms with Crippen LogP contribution < -0.4 is 15.2 Å². The highest BCUT2D eigenvalue weighted by atomic mass is 79.9. The van der Waals surface area contributed by atoms with Crippen LogP contribution in [0.2, 0.25) is 5.02 Å². The number of carbonyl (C=O) groups is 4. The summed E-state index contributed by atoms with van der Waals surface area (Å²) in [4.78, 5) is 61.5. The number of fused-ring (bicyclic) bond motifs is 1. The van der Waals surface area contributed by atoms with Crippen molar-refractivity contribution in [3.8, 4) is 5.75 Å². The molecule has 2 heterocycles. The number of hydrazine groups is 1. The van der Waals surface area contributed by atoms with E-state index in [1.54, 1.807) is 77.9 Å². The highest BCUT2D eigenvalue weighted by Crippen LogP contribution is 2.37. The average molecular weight is 704 g/mol. The molecule has 240 valence electrons. The van der Waals surface area contributed by atoms with Crippen molar-refractivity contribution in [1.82, 2.24) is 15.3 Å². The van der Waals surface area contributed by atoms with Crippen LogP contribution in [-0.2, 0) is 14.3 Å². The van der Waals surface area contributed by atoms with Gasteiger partial charge in [0.05, 0.1) is 34.9 Å². The van der Waals surface area contributed by atoms with Gasteiger partial charge < -0.3 is 19.1 Å². The minimum absolute atomic E-state index is 0.0897. The number of morpholine rings is 1. The molecule has 1 fully saturated rings. The van der Waals surface area contributed by atoms with E-state index in [4.69, 9.17) is 25.8 Å². The average Bonchev–Trinajstić information content (AvgIpc) is 2.94. The van der Waals surface area contributed by atoms with Crippen LogP contribution in [0.15, 0.2) is 40.9 Å². The number of hydrogen-bond donors (Lipinski definition) is 1. The van der Waals surface area contributed by atoms with Gasteiger partial charge in [-0.3, -0.25) is 14.4 Å². The zero-order valence-corrected chi connectivity index (χ0v) is 28.6. The highest BCUT2D eigenvalue weighted by molar-refractivity contribution is 9.10. The molecule has 45 heavy (non-hydrogen) atoms. The highest BCUT2D eigenvalue weighted by Gasteiger charge is 2.37. The standard InChI is InChI=1S/C32H36BrClN4O7/c1-18-8-11-23(21(34)16-18)38(36-30(42)45-32(5,6)7)27(39)24-25(28(40)37-12-14-43-15-13-37)35-22-17-19(33)9-10-20(22)26(24)44-29(41)31(2,3)4/h8-11,16-17H,12-15H2,1-7H3,(H,36,42). The summed E-state index contributed by atoms with van der Waals surface area (Å²) in [7, 11) is 0. The van der Waals surface area contributed by atoms with Gasteiger partial charge in [-0.25, -0.2) is 20.2 Å². The van der Waals surface area contributed by atoms with Gasteiger partial charge in [0.25, 0.3) is 11.8 Å². The van der Waals surface area contributed by atoms with E-state index in [0.717, 1.165) is 10.6 Å². The van der Waals surface area contributed by atoms with E-state index in [2.05, 4.69) is 26.3 Å². The summed E-state index contributed by atoms with van der Waals surface area (Å²) in [5, 5.41) is 1.30. The first-order chi connectivity index (χ1) is 21.0. The molecular formula is C32H36BrClN4O7. The van der Waals surface area contributed by atoms with E-state index >= 15 is 0 Å². The molecule has 0 spiro atoms. The molecule has 1 aliphatic rings. The first-order valence-electron chi connectivity index (χ1n) is 14.3. The third kappa shape index (κ3) is 8.11. The lowest BCUT2D eigenvalue weighted by Crippen LogP contribution is -2.49. The minimum atomic E-state index is -0.978. The number of benzene rings is 2. The number of halogens is 2. The minimum Gasteiger partial charge on any atom is -0.443 e. The number of nitrogens with one attached hydrogen (secondary N) is 1. The number of esters is 1. The van der Waals surface area contributed by atoms with Gasteiger partial charge in [0.2, 0.25) is 0 Å². The first-order valence-corrected chi connectivity index (χ1v) is 15.5. The van der Waals surface area contributed by atoms with Gasteiger partial charge in [-0.1, -0.05) is 33.6 Å². The van der Waals surface area contributed by atoms with E-state index < -0.39 is 34.9 Å². The van der Waals surface area contributed by atoms with Gasteiger partial charge in [0.1, 0.15) is 16.9 Å². The second kappa shape index (κ2) is 13.3. The zero-order chi connectivity index (χ0) is 33.3. The molecule has 1 saturated heterocycles. The van der Waals surface area contributed by atoms with E-state index in [1.807, 2.05) is 6.92 Å². The van der Waals surface area contributed by atoms with E-state index in [-0.39, 0.29) is 40.8 Å². The lowest BCUT2D eigenvalue weighted by Gasteiger charge is -2.30. The molecule has 1 aromatic heterocycles. The summed E-state index contributed by atoms with van der Waals surface area (Å²) in [6.45, 7) is 12.9. The lowest BCUT2D eigenvalue weighted by atomic mass is 9.97. The van der Waals surface area contributed by atoms with Crippen LogP contribution >= 0.6 is 27.5 Å². The zero-order valence-electron chi connectivity index (χ0n) is 26.2. The quantitative estimate of drug-likeness (QED) is 0.242. The molecule has 13 heteroatoms. The molecule has 1 aliphatic heterocycles. The Morgan fingerprint density at radius 3 is 2.29 bits per heavy atom. The van der Waals surface area contributed by atoms with Crippen molar-refractivity contribution >= 4 is 68.0 Å². The molecule has 0 saturated carbocycles. The molecule has 3 amide bonds. The van der Waals surface area contributed by atoms with Gasteiger partial charge in [-0.05, 0) is 84.4 Å². The molecule has 1 N–H and O–H groups in total. The number of carbonyl (C=O) groups excluding carboxylic acids is 4. The molecule has 0 atom stereocenters. The van der Waals surface area contributed by atoms with Crippen LogP contribution in [0.1, 0.15) is 68.0 Å². The maximum absolute atomic E-state index is 14.8. The predicted molar refractivity (Wildman–Crippen MR) is 174 cm³/mol. The Hall–Kier alpha value is -3.74. The molecule has 0 unspecified atom stereocenters. The van der Waals surface area contributed by atoms with Crippen LogP contribution in [-0.4, -0.2) is 65.7 Å². The number of nitrogens with zero attached hydrogens (tertiary/aromatic N) is 3. The number of aromatic nitrogens is 1. The summed E-state index contributed by atoms with van der Waals surface area (Å²) >= 11 is 10.0. The molecule has 0 radical (unpaired) electrons. The number of hydrogen-bond acceptors (Lipinski definition) is 8. The van der Waals surface area contributed by atoms with Crippen molar-refractivity contribution < 1.29 is 33.4 Å². The number of amides is 3. The second-order valence-electron chi connectivity index (χ2n) is 12.6. The Balaban J connectivity index is 2.02. The number of pyridine rings is 1. The fourth-order valence-electron chi connectivity index (χ4n) is 4.35. The SMILES string of the molecule is Cc1ccc(N(NC(=O)OC(C)(C)C)C(=O)c2c(C(=O)N3CCOCC3)nc3cc(Br)ccc3c2OC(=O)C(C)(C)C)c(Cl)c1. The normalized spacial score (nSPS) is 13.8. The molecule has 0 bridgehead atoms. The molecule has 11 nitrogen and oxygen atoms in total. The van der Waals surface area contributed by atoms with Crippen molar-refractivity contribution in [2.75, 3.05) is 31.3 Å². The number of rotatable bonds is 4. The largest absolute Gasteiger partial charge is 0.443 e. The Labute approximate surface area is 275 Å². The first kappa shape index (κ1) is 34.1. The fraction of sp³-hybridized carbons (Fsp3) is 0.406. The van der Waals surface area contributed by atoms with Crippen LogP contribution in [0.4, 0.5) is 10.5 Å². The Morgan fingerprint density at radius 1 is 1.02 bits per heavy atom. The maximum Gasteiger partial charge on any atom is 0.427 e. The Kier molecular flexibility index (Phi) is 10.1. The molecule has 2 aromatic carbocycles. The van der Waals surface area contributed by atoms with Crippen LogP contribution in [0.3, 0.4) is 0 Å². The summed E-state index contributed by atoms with van der Waals surface area (Å²) in [5.41, 5.74) is 1.17. The van der Waals surface area contributed by atoms with Gasteiger partial charge in [-0.15, -0.1) is 0 Å². The van der Waals surface area contributed by atoms with E-state index in [0.29, 0.717) is 28.6 Å². The molecule has 0 aliphatic carbocycles. The van der Waals surface area contributed by atoms with Crippen LogP contribution in [0, 0.1) is 12.3 Å². The smallest absolute Gasteiger partial charge is 0.427 e. The third-order valence-electron chi connectivity index (χ3n) is 6.57. The second-order valence-corrected chi connectivity index (χ2v) is 13.9. The van der Waals surface area contributed by atoms with Crippen molar-refractivity contribution in [2.24, 2.45) is 5.41 Å². The van der Waals surface area contributed by atoms with Crippen molar-refractivity contribution in [3.05, 3.63) is 62.7 Å². The van der Waals surface area contributed by atoms with Gasteiger partial charge in [-0.2, -0.15) is 0 Å². The van der Waals surface area contributed by atoms with Gasteiger partial charge >= 0.3 is 12.1 Å². The van der Waals surface area contributed by atoms with Gasteiger partial charge in [0, 0.05) is 22.9 Å². The van der Waals surface area contributed by atoms with E-state index in [1.165, 1.54) is 4.90 Å². The molecular weight excluding hydrogens is 668 g/mol. The number of anilines is 1. The van der Waals surface area contributed by atoms with Gasteiger partial charge in [0.15, 0.2) is 5.75 Å². The fourth-order valence-corrected chi connectivity index (χ4v) is 5.02. The van der Waals surface area contributed by atoms with Crippen LogP contribution in [0.5, 0.6) is 5.75 Å². The maximum atomic E-state index is 14.8.